The molecule has 94 valence electrons. The van der Waals surface area contributed by atoms with Crippen LogP contribution in [0.4, 0.5) is 5.69 Å². The van der Waals surface area contributed by atoms with E-state index in [1.165, 1.54) is 12.1 Å². The number of primary sulfonamides is 1. The van der Waals surface area contributed by atoms with Gasteiger partial charge >= 0.3 is 5.97 Å². The Morgan fingerprint density at radius 2 is 2.00 bits per heavy atom. The number of hydrogen-bond acceptors (Lipinski definition) is 4. The quantitative estimate of drug-likeness (QED) is 0.741. The van der Waals surface area contributed by atoms with Crippen molar-refractivity contribution in [2.75, 3.05) is 5.32 Å². The first-order valence-corrected chi connectivity index (χ1v) is 6.43. The average Bonchev–Trinajstić information content (AvgIpc) is 2.15. The molecule has 0 fully saturated rings. The molecule has 0 bridgehead atoms. The minimum atomic E-state index is -3.90. The second-order valence-corrected chi connectivity index (χ2v) is 5.42. The van der Waals surface area contributed by atoms with Crippen molar-refractivity contribution >= 4 is 21.7 Å². The maximum Gasteiger partial charge on any atom is 0.337 e. The third-order valence-corrected chi connectivity index (χ3v) is 2.91. The summed E-state index contributed by atoms with van der Waals surface area (Å²) in [5, 5.41) is 16.8. The smallest absolute Gasteiger partial charge is 0.337 e. The van der Waals surface area contributed by atoms with Gasteiger partial charge in [-0.1, -0.05) is 0 Å². The first-order valence-electron chi connectivity index (χ1n) is 4.88. The van der Waals surface area contributed by atoms with Crippen molar-refractivity contribution in [3.63, 3.8) is 0 Å². The Morgan fingerprint density at radius 1 is 1.41 bits per heavy atom. The van der Waals surface area contributed by atoms with E-state index in [1.807, 2.05) is 13.8 Å². The summed E-state index contributed by atoms with van der Waals surface area (Å²) in [5.41, 5.74) is 0.241. The van der Waals surface area contributed by atoms with Crippen LogP contribution in [0.1, 0.15) is 24.2 Å². The van der Waals surface area contributed by atoms with E-state index in [0.29, 0.717) is 5.69 Å². The summed E-state index contributed by atoms with van der Waals surface area (Å²) in [5.74, 6) is -1.21. The SMILES string of the molecule is CC(C)Nc1ccc(S(N)(=O)=O)cc1C(=O)O. The van der Waals surface area contributed by atoms with Crippen molar-refractivity contribution in [3.8, 4) is 0 Å². The third-order valence-electron chi connectivity index (χ3n) is 1.99. The van der Waals surface area contributed by atoms with Crippen molar-refractivity contribution in [2.24, 2.45) is 5.14 Å². The van der Waals surface area contributed by atoms with Gasteiger partial charge in [0.1, 0.15) is 0 Å². The van der Waals surface area contributed by atoms with E-state index in [4.69, 9.17) is 10.2 Å². The van der Waals surface area contributed by atoms with Crippen molar-refractivity contribution in [2.45, 2.75) is 24.8 Å². The van der Waals surface area contributed by atoms with Crippen LogP contribution in [-0.4, -0.2) is 25.5 Å². The first-order chi connectivity index (χ1) is 7.71. The lowest BCUT2D eigenvalue weighted by molar-refractivity contribution is 0.0697. The normalized spacial score (nSPS) is 11.5. The molecule has 6 nitrogen and oxygen atoms in total. The minimum Gasteiger partial charge on any atom is -0.478 e. The lowest BCUT2D eigenvalue weighted by Crippen LogP contribution is -2.16. The van der Waals surface area contributed by atoms with Crippen LogP contribution in [0.5, 0.6) is 0 Å². The highest BCUT2D eigenvalue weighted by Crippen LogP contribution is 2.20. The Hall–Kier alpha value is -1.60. The highest BCUT2D eigenvalue weighted by Gasteiger charge is 2.16. The summed E-state index contributed by atoms with van der Waals surface area (Å²) in [6, 6.07) is 3.74. The number of nitrogens with two attached hydrogens (primary N) is 1. The van der Waals surface area contributed by atoms with Gasteiger partial charge in [0.05, 0.1) is 10.5 Å². The first kappa shape index (κ1) is 13.5. The molecule has 1 aromatic carbocycles. The molecule has 7 heteroatoms. The fourth-order valence-electron chi connectivity index (χ4n) is 1.31. The molecule has 0 aliphatic heterocycles. The Morgan fingerprint density at radius 3 is 2.41 bits per heavy atom. The van der Waals surface area contributed by atoms with Crippen LogP contribution in [-0.2, 0) is 10.0 Å². The molecular formula is C10H14N2O4S. The molecule has 0 radical (unpaired) electrons. The van der Waals surface area contributed by atoms with E-state index in [1.54, 1.807) is 0 Å². The van der Waals surface area contributed by atoms with E-state index in [2.05, 4.69) is 5.32 Å². The van der Waals surface area contributed by atoms with E-state index >= 15 is 0 Å². The van der Waals surface area contributed by atoms with Gasteiger partial charge in [0, 0.05) is 11.7 Å². The Kier molecular flexibility index (Phi) is 3.74. The predicted octanol–water partition coefficient (Wildman–Crippen LogP) is 0.853. The molecule has 0 aromatic heterocycles. The van der Waals surface area contributed by atoms with Crippen LogP contribution in [0.15, 0.2) is 23.1 Å². The lowest BCUT2D eigenvalue weighted by Gasteiger charge is -2.13. The summed E-state index contributed by atoms with van der Waals surface area (Å²) < 4.78 is 22.2. The standard InChI is InChI=1S/C10H14N2O4S/c1-6(2)12-9-4-3-7(17(11,15)16)5-8(9)10(13)14/h3-6,12H,1-2H3,(H,13,14)(H2,11,15,16). The summed E-state index contributed by atoms with van der Waals surface area (Å²) in [6.07, 6.45) is 0. The molecule has 0 aliphatic carbocycles. The molecule has 0 saturated heterocycles. The van der Waals surface area contributed by atoms with Crippen molar-refractivity contribution in [1.29, 1.82) is 0 Å². The lowest BCUT2D eigenvalue weighted by atomic mass is 10.1. The highest BCUT2D eigenvalue weighted by atomic mass is 32.2. The van der Waals surface area contributed by atoms with Crippen LogP contribution >= 0.6 is 0 Å². The minimum absolute atomic E-state index is 0.0356. The largest absolute Gasteiger partial charge is 0.478 e. The third kappa shape index (κ3) is 3.43. The number of hydrogen-bond donors (Lipinski definition) is 3. The molecule has 1 aromatic rings. The topological polar surface area (TPSA) is 109 Å². The number of rotatable bonds is 4. The van der Waals surface area contributed by atoms with Gasteiger partial charge in [-0.2, -0.15) is 0 Å². The number of anilines is 1. The van der Waals surface area contributed by atoms with Crippen LogP contribution in [0.25, 0.3) is 0 Å². The van der Waals surface area contributed by atoms with Gasteiger partial charge in [-0.3, -0.25) is 0 Å². The second kappa shape index (κ2) is 4.72. The van der Waals surface area contributed by atoms with Crippen LogP contribution < -0.4 is 10.5 Å². The van der Waals surface area contributed by atoms with Crippen molar-refractivity contribution < 1.29 is 18.3 Å². The fraction of sp³-hybridized carbons (Fsp3) is 0.300. The molecule has 0 amide bonds. The van der Waals surface area contributed by atoms with E-state index in [9.17, 15) is 13.2 Å². The molecule has 0 saturated carbocycles. The summed E-state index contributed by atoms with van der Waals surface area (Å²) in [6.45, 7) is 3.69. The second-order valence-electron chi connectivity index (χ2n) is 3.86. The van der Waals surface area contributed by atoms with E-state index < -0.39 is 16.0 Å². The zero-order valence-corrected chi connectivity index (χ0v) is 10.3. The fourth-order valence-corrected chi connectivity index (χ4v) is 1.85. The number of sulfonamides is 1. The Balaban J connectivity index is 3.32. The number of carboxylic acids is 1. The summed E-state index contributed by atoms with van der Waals surface area (Å²) >= 11 is 0. The monoisotopic (exact) mass is 258 g/mol. The van der Waals surface area contributed by atoms with Gasteiger partial charge in [0.25, 0.3) is 0 Å². The molecule has 17 heavy (non-hydrogen) atoms. The number of benzene rings is 1. The van der Waals surface area contributed by atoms with Gasteiger partial charge in [0.15, 0.2) is 0 Å². The van der Waals surface area contributed by atoms with Gasteiger partial charge < -0.3 is 10.4 Å². The van der Waals surface area contributed by atoms with Gasteiger partial charge in [-0.15, -0.1) is 0 Å². The maximum atomic E-state index is 11.1. The van der Waals surface area contributed by atoms with Crippen LogP contribution in [0, 0.1) is 0 Å². The zero-order chi connectivity index (χ0) is 13.2. The summed E-state index contributed by atoms with van der Waals surface area (Å²) in [7, 11) is -3.90. The molecule has 1 rings (SSSR count). The van der Waals surface area contributed by atoms with Gasteiger partial charge in [-0.25, -0.2) is 18.4 Å². The van der Waals surface area contributed by atoms with E-state index in [0.717, 1.165) is 6.07 Å². The molecule has 0 aliphatic rings. The van der Waals surface area contributed by atoms with E-state index in [-0.39, 0.29) is 16.5 Å². The molecule has 0 unspecified atom stereocenters. The van der Waals surface area contributed by atoms with Gasteiger partial charge in [-0.05, 0) is 32.0 Å². The van der Waals surface area contributed by atoms with Crippen molar-refractivity contribution in [1.82, 2.24) is 0 Å². The number of nitrogens with one attached hydrogen (secondary N) is 1. The number of aromatic carboxylic acids is 1. The number of carbonyl (C=O) groups is 1. The summed E-state index contributed by atoms with van der Waals surface area (Å²) in [4.78, 5) is 10.8. The average molecular weight is 258 g/mol. The van der Waals surface area contributed by atoms with Gasteiger partial charge in [0.2, 0.25) is 10.0 Å². The van der Waals surface area contributed by atoms with Crippen LogP contribution in [0.3, 0.4) is 0 Å². The molecule has 0 atom stereocenters. The molecule has 0 spiro atoms. The highest BCUT2D eigenvalue weighted by molar-refractivity contribution is 7.89. The number of carboxylic acid groups (broad SMARTS) is 1. The molecule has 0 heterocycles. The predicted molar refractivity (Wildman–Crippen MR) is 63.5 cm³/mol. The maximum absolute atomic E-state index is 11.1. The zero-order valence-electron chi connectivity index (χ0n) is 9.47. The Bertz CT molecular complexity index is 537. The Labute approximate surface area is 99.5 Å². The molecular weight excluding hydrogens is 244 g/mol. The molecule has 4 N–H and O–H groups in total. The van der Waals surface area contributed by atoms with Crippen LogP contribution in [0.2, 0.25) is 0 Å². The van der Waals surface area contributed by atoms with Crippen molar-refractivity contribution in [3.05, 3.63) is 23.8 Å².